The summed E-state index contributed by atoms with van der Waals surface area (Å²) in [7, 11) is -3.40. The Balaban J connectivity index is 1.92. The van der Waals surface area contributed by atoms with Crippen molar-refractivity contribution in [1.29, 1.82) is 0 Å². The summed E-state index contributed by atoms with van der Waals surface area (Å²) in [5.74, 6) is 0.298. The van der Waals surface area contributed by atoms with Crippen LogP contribution >= 0.6 is 0 Å². The quantitative estimate of drug-likeness (QED) is 0.635. The Morgan fingerprint density at radius 3 is 2.77 bits per heavy atom. The maximum absolute atomic E-state index is 10.8. The van der Waals surface area contributed by atoms with Gasteiger partial charge in [-0.3, -0.25) is 0 Å². The predicted octanol–water partition coefficient (Wildman–Crippen LogP) is -0.921. The molecule has 0 radical (unpaired) electrons. The van der Waals surface area contributed by atoms with Gasteiger partial charge in [-0.1, -0.05) is 0 Å². The van der Waals surface area contributed by atoms with Crippen LogP contribution in [0.2, 0.25) is 0 Å². The van der Waals surface area contributed by atoms with Gasteiger partial charge in [0.1, 0.15) is 0 Å². The third kappa shape index (κ3) is 2.19. The predicted molar refractivity (Wildman–Crippen MR) is 45.6 cm³/mol. The van der Waals surface area contributed by atoms with Crippen LogP contribution in [0.3, 0.4) is 0 Å². The van der Waals surface area contributed by atoms with Gasteiger partial charge >= 0.3 is 0 Å². The van der Waals surface area contributed by atoms with Crippen molar-refractivity contribution >= 4 is 10.0 Å². The first-order valence-electron chi connectivity index (χ1n) is 4.28. The highest BCUT2D eigenvalue weighted by molar-refractivity contribution is 7.89. The van der Waals surface area contributed by atoms with E-state index in [1.54, 1.807) is 0 Å². The standard InChI is InChI=1S/C7H13NO4S/c8-13(9,10)4-6-1-5-2-11-3-7(5)12-6/h5-7H,1-4H2,(H2,8,9,10)/t5-,6-,7+/m0/s1. The second kappa shape index (κ2) is 3.20. The maximum Gasteiger partial charge on any atom is 0.211 e. The van der Waals surface area contributed by atoms with Crippen LogP contribution in [0, 0.1) is 5.92 Å². The number of sulfonamides is 1. The van der Waals surface area contributed by atoms with Gasteiger partial charge in [-0.25, -0.2) is 13.6 Å². The van der Waals surface area contributed by atoms with Crippen molar-refractivity contribution in [2.45, 2.75) is 18.6 Å². The molecule has 2 rings (SSSR count). The topological polar surface area (TPSA) is 78.6 Å². The molecule has 5 nitrogen and oxygen atoms in total. The van der Waals surface area contributed by atoms with E-state index in [-0.39, 0.29) is 18.0 Å². The Kier molecular flexibility index (Phi) is 2.31. The number of rotatable bonds is 2. The third-order valence-electron chi connectivity index (χ3n) is 2.49. The van der Waals surface area contributed by atoms with E-state index in [0.29, 0.717) is 19.1 Å². The fraction of sp³-hybridized carbons (Fsp3) is 1.00. The molecule has 76 valence electrons. The summed E-state index contributed by atoms with van der Waals surface area (Å²) in [6.45, 7) is 1.28. The van der Waals surface area contributed by atoms with E-state index >= 15 is 0 Å². The SMILES string of the molecule is NS(=O)(=O)C[C@@H]1C[C@H]2COC[C@H]2O1. The third-order valence-corrected chi connectivity index (χ3v) is 3.33. The fourth-order valence-electron chi connectivity index (χ4n) is 1.96. The van der Waals surface area contributed by atoms with Crippen LogP contribution in [-0.2, 0) is 19.5 Å². The molecule has 6 heteroatoms. The molecule has 2 aliphatic rings. The normalized spacial score (nSPS) is 39.3. The summed E-state index contributed by atoms with van der Waals surface area (Å²) in [5.41, 5.74) is 0. The van der Waals surface area contributed by atoms with Gasteiger partial charge < -0.3 is 9.47 Å². The number of hydrogen-bond donors (Lipinski definition) is 1. The molecule has 2 aliphatic heterocycles. The molecule has 0 aromatic rings. The lowest BCUT2D eigenvalue weighted by Crippen LogP contribution is -2.27. The van der Waals surface area contributed by atoms with Gasteiger partial charge in [0, 0.05) is 5.92 Å². The average molecular weight is 207 g/mol. The van der Waals surface area contributed by atoms with Gasteiger partial charge in [0.05, 0.1) is 31.2 Å². The van der Waals surface area contributed by atoms with Crippen molar-refractivity contribution < 1.29 is 17.9 Å². The monoisotopic (exact) mass is 207 g/mol. The van der Waals surface area contributed by atoms with Crippen LogP contribution in [0.1, 0.15) is 6.42 Å². The minimum absolute atomic E-state index is 0.0694. The minimum Gasteiger partial charge on any atom is -0.378 e. The molecule has 0 aromatic carbocycles. The number of primary sulfonamides is 1. The maximum atomic E-state index is 10.8. The molecule has 0 spiro atoms. The summed E-state index contributed by atoms with van der Waals surface area (Å²) in [5, 5.41) is 4.93. The first-order chi connectivity index (χ1) is 6.04. The second-order valence-electron chi connectivity index (χ2n) is 3.66. The molecule has 0 saturated carbocycles. The Hall–Kier alpha value is -0.170. The highest BCUT2D eigenvalue weighted by atomic mass is 32.2. The second-order valence-corrected chi connectivity index (χ2v) is 5.32. The lowest BCUT2D eigenvalue weighted by Gasteiger charge is -2.09. The molecule has 0 unspecified atom stereocenters. The van der Waals surface area contributed by atoms with E-state index < -0.39 is 10.0 Å². The lowest BCUT2D eigenvalue weighted by atomic mass is 10.0. The Bertz CT molecular complexity index is 277. The van der Waals surface area contributed by atoms with Crippen molar-refractivity contribution in [1.82, 2.24) is 0 Å². The van der Waals surface area contributed by atoms with E-state index in [4.69, 9.17) is 14.6 Å². The number of fused-ring (bicyclic) bond motifs is 1. The molecule has 2 N–H and O–H groups in total. The molecule has 3 atom stereocenters. The van der Waals surface area contributed by atoms with Gasteiger partial charge in [-0.05, 0) is 6.42 Å². The Morgan fingerprint density at radius 2 is 2.15 bits per heavy atom. The van der Waals surface area contributed by atoms with Crippen molar-refractivity contribution in [3.63, 3.8) is 0 Å². The van der Waals surface area contributed by atoms with E-state index in [1.165, 1.54) is 0 Å². The van der Waals surface area contributed by atoms with Crippen LogP contribution in [-0.4, -0.2) is 39.6 Å². The Labute approximate surface area is 77.2 Å². The number of ether oxygens (including phenoxy) is 2. The first-order valence-corrected chi connectivity index (χ1v) is 6.00. The van der Waals surface area contributed by atoms with Crippen LogP contribution in [0.4, 0.5) is 0 Å². The summed E-state index contributed by atoms with van der Waals surface area (Å²) in [6, 6.07) is 0. The molecule has 0 amide bonds. The molecule has 0 aliphatic carbocycles. The summed E-state index contributed by atoms with van der Waals surface area (Å²) in [6.07, 6.45) is 0.613. The number of hydrogen-bond acceptors (Lipinski definition) is 4. The van der Waals surface area contributed by atoms with Crippen molar-refractivity contribution in [3.05, 3.63) is 0 Å². The number of nitrogens with two attached hydrogens (primary N) is 1. The van der Waals surface area contributed by atoms with Crippen LogP contribution in [0.5, 0.6) is 0 Å². The summed E-state index contributed by atoms with van der Waals surface area (Å²) < 4.78 is 32.2. The molecule has 13 heavy (non-hydrogen) atoms. The molecular weight excluding hydrogens is 194 g/mol. The van der Waals surface area contributed by atoms with Gasteiger partial charge in [-0.15, -0.1) is 0 Å². The first kappa shape index (κ1) is 9.39. The molecule has 0 aromatic heterocycles. The van der Waals surface area contributed by atoms with E-state index in [0.717, 1.165) is 6.42 Å². The van der Waals surface area contributed by atoms with Gasteiger partial charge in [-0.2, -0.15) is 0 Å². The zero-order valence-electron chi connectivity index (χ0n) is 7.18. The van der Waals surface area contributed by atoms with E-state index in [9.17, 15) is 8.42 Å². The highest BCUT2D eigenvalue weighted by Crippen LogP contribution is 2.31. The molecule has 2 fully saturated rings. The van der Waals surface area contributed by atoms with Gasteiger partial charge in [0.15, 0.2) is 0 Å². The minimum atomic E-state index is -3.40. The summed E-state index contributed by atoms with van der Waals surface area (Å²) >= 11 is 0. The zero-order chi connectivity index (χ0) is 9.47. The lowest BCUT2D eigenvalue weighted by molar-refractivity contribution is 0.0300. The van der Waals surface area contributed by atoms with Crippen molar-refractivity contribution in [2.24, 2.45) is 11.1 Å². The van der Waals surface area contributed by atoms with Crippen LogP contribution in [0.25, 0.3) is 0 Å². The fourth-order valence-corrected chi connectivity index (χ4v) is 2.69. The van der Waals surface area contributed by atoms with E-state index in [2.05, 4.69) is 0 Å². The van der Waals surface area contributed by atoms with Gasteiger partial charge in [0.25, 0.3) is 0 Å². The smallest absolute Gasteiger partial charge is 0.211 e. The van der Waals surface area contributed by atoms with Crippen molar-refractivity contribution in [2.75, 3.05) is 19.0 Å². The van der Waals surface area contributed by atoms with Crippen molar-refractivity contribution in [3.8, 4) is 0 Å². The largest absolute Gasteiger partial charge is 0.378 e. The Morgan fingerprint density at radius 1 is 1.38 bits per heavy atom. The zero-order valence-corrected chi connectivity index (χ0v) is 8.00. The van der Waals surface area contributed by atoms with Crippen LogP contribution < -0.4 is 5.14 Å². The molecule has 2 heterocycles. The molecule has 0 bridgehead atoms. The average Bonchev–Trinajstić information content (AvgIpc) is 2.40. The molecular formula is C7H13NO4S. The van der Waals surface area contributed by atoms with E-state index in [1.807, 2.05) is 0 Å². The van der Waals surface area contributed by atoms with Crippen LogP contribution in [0.15, 0.2) is 0 Å². The molecule has 2 saturated heterocycles. The summed E-state index contributed by atoms with van der Waals surface area (Å²) in [4.78, 5) is 0. The van der Waals surface area contributed by atoms with Gasteiger partial charge in [0.2, 0.25) is 10.0 Å². The highest BCUT2D eigenvalue weighted by Gasteiger charge is 2.40.